The topological polar surface area (TPSA) is 49.0 Å². The third-order valence-electron chi connectivity index (χ3n) is 4.98. The summed E-state index contributed by atoms with van der Waals surface area (Å²) < 4.78 is 9.30. The number of benzene rings is 1. The highest BCUT2D eigenvalue weighted by Gasteiger charge is 2.16. The van der Waals surface area contributed by atoms with E-state index in [1.165, 1.54) is 11.1 Å². The van der Waals surface area contributed by atoms with Crippen LogP contribution in [0.4, 0.5) is 0 Å². The van der Waals surface area contributed by atoms with Gasteiger partial charge in [0.15, 0.2) is 0 Å². The van der Waals surface area contributed by atoms with Gasteiger partial charge in [0.2, 0.25) is 0 Å². The van der Waals surface area contributed by atoms with Gasteiger partial charge in [0.1, 0.15) is 17.8 Å². The maximum atomic E-state index is 12.8. The summed E-state index contributed by atoms with van der Waals surface area (Å²) in [7, 11) is 0.656. The summed E-state index contributed by atoms with van der Waals surface area (Å²) >= 11 is 0. The van der Waals surface area contributed by atoms with Crippen LogP contribution < -0.4 is 5.56 Å². The fraction of sp³-hybridized carbons (Fsp3) is 0.429. The lowest BCUT2D eigenvalue weighted by Crippen LogP contribution is -2.23. The molecule has 0 saturated heterocycles. The minimum Gasteiger partial charge on any atom is -0.361 e. The molecule has 3 rings (SSSR count). The number of imidazole rings is 1. The largest absolute Gasteiger partial charge is 0.361 e. The summed E-state index contributed by atoms with van der Waals surface area (Å²) in [5.41, 5.74) is 5.80. The Balaban J connectivity index is 1.98. The second-order valence-electron chi connectivity index (χ2n) is 8.52. The lowest BCUT2D eigenvalue weighted by atomic mass is 10.0. The van der Waals surface area contributed by atoms with Gasteiger partial charge in [-0.15, -0.1) is 0 Å². The highest BCUT2D eigenvalue weighted by atomic mass is 28.3. The zero-order valence-corrected chi connectivity index (χ0v) is 18.2. The van der Waals surface area contributed by atoms with E-state index in [0.29, 0.717) is 18.9 Å². The quantitative estimate of drug-likeness (QED) is 0.470. The number of fused-ring (bicyclic) bond motifs is 1. The number of hydrogen-bond donors (Lipinski definition) is 0. The van der Waals surface area contributed by atoms with Gasteiger partial charge in [0.25, 0.3) is 5.56 Å². The van der Waals surface area contributed by atoms with Gasteiger partial charge in [-0.3, -0.25) is 4.79 Å². The molecule has 0 spiro atoms. The SMILES string of the molecule is Cc1ccc(-c2cn(C)c(=O)c3c2ncn3COCC[Si](C)(C)C)cc1C. The van der Waals surface area contributed by atoms with E-state index in [1.807, 2.05) is 10.8 Å². The Morgan fingerprint density at radius 3 is 2.56 bits per heavy atom. The van der Waals surface area contributed by atoms with Crippen molar-refractivity contribution in [3.05, 3.63) is 52.2 Å². The van der Waals surface area contributed by atoms with E-state index in [0.717, 1.165) is 22.7 Å². The van der Waals surface area contributed by atoms with Crippen LogP contribution in [0.2, 0.25) is 25.7 Å². The molecule has 0 aliphatic rings. The molecular formula is C21H29N3O2Si. The van der Waals surface area contributed by atoms with Crippen molar-refractivity contribution in [1.29, 1.82) is 0 Å². The molecule has 6 heteroatoms. The van der Waals surface area contributed by atoms with Crippen molar-refractivity contribution in [3.63, 3.8) is 0 Å². The van der Waals surface area contributed by atoms with Crippen LogP contribution in [-0.2, 0) is 18.5 Å². The number of hydrogen-bond acceptors (Lipinski definition) is 3. The van der Waals surface area contributed by atoms with Crippen LogP contribution in [0.3, 0.4) is 0 Å². The van der Waals surface area contributed by atoms with E-state index in [9.17, 15) is 4.79 Å². The summed E-state index contributed by atoms with van der Waals surface area (Å²) in [4.78, 5) is 17.3. The van der Waals surface area contributed by atoms with Crippen LogP contribution in [0.25, 0.3) is 22.2 Å². The summed E-state index contributed by atoms with van der Waals surface area (Å²) in [6.07, 6.45) is 3.59. The first-order chi connectivity index (χ1) is 12.7. The van der Waals surface area contributed by atoms with Gasteiger partial charge >= 0.3 is 0 Å². The summed E-state index contributed by atoms with van der Waals surface area (Å²) in [5, 5.41) is 0. The molecule has 1 aromatic carbocycles. The first kappa shape index (κ1) is 19.6. The molecule has 0 aliphatic heterocycles. The van der Waals surface area contributed by atoms with Crippen molar-refractivity contribution in [2.75, 3.05) is 6.61 Å². The summed E-state index contributed by atoms with van der Waals surface area (Å²) in [6, 6.07) is 7.45. The Hall–Kier alpha value is -2.18. The summed E-state index contributed by atoms with van der Waals surface area (Å²) in [5.74, 6) is 0. The Labute approximate surface area is 161 Å². The number of ether oxygens (including phenoxy) is 1. The second kappa shape index (κ2) is 7.44. The van der Waals surface area contributed by atoms with Crippen LogP contribution in [0.5, 0.6) is 0 Å². The number of pyridine rings is 1. The zero-order valence-electron chi connectivity index (χ0n) is 17.2. The molecule has 27 heavy (non-hydrogen) atoms. The van der Waals surface area contributed by atoms with E-state index >= 15 is 0 Å². The molecule has 0 radical (unpaired) electrons. The zero-order chi connectivity index (χ0) is 19.8. The fourth-order valence-corrected chi connectivity index (χ4v) is 3.80. The van der Waals surface area contributed by atoms with Crippen LogP contribution in [0.15, 0.2) is 35.5 Å². The van der Waals surface area contributed by atoms with Gasteiger partial charge in [-0.2, -0.15) is 0 Å². The highest BCUT2D eigenvalue weighted by molar-refractivity contribution is 6.76. The van der Waals surface area contributed by atoms with Crippen LogP contribution in [0, 0.1) is 13.8 Å². The van der Waals surface area contributed by atoms with Crippen LogP contribution >= 0.6 is 0 Å². The molecule has 5 nitrogen and oxygen atoms in total. The number of aromatic nitrogens is 3. The Kier molecular flexibility index (Phi) is 5.40. The average Bonchev–Trinajstić information content (AvgIpc) is 3.01. The number of rotatable bonds is 6. The van der Waals surface area contributed by atoms with Crippen molar-refractivity contribution in [1.82, 2.24) is 14.1 Å². The van der Waals surface area contributed by atoms with Gasteiger partial charge in [0, 0.05) is 33.5 Å². The molecule has 0 atom stereocenters. The Morgan fingerprint density at radius 2 is 1.89 bits per heavy atom. The normalized spacial score (nSPS) is 12.1. The standard InChI is InChI=1S/C21H29N3O2Si/c1-15-7-8-17(11-16(15)2)18-12-23(3)21(25)20-19(18)22-13-24(20)14-26-9-10-27(4,5)6/h7-8,11-13H,9-10,14H2,1-6H3. The molecule has 0 fully saturated rings. The maximum Gasteiger partial charge on any atom is 0.276 e. The van der Waals surface area contributed by atoms with E-state index in [4.69, 9.17) is 4.74 Å². The molecular weight excluding hydrogens is 354 g/mol. The minimum absolute atomic E-state index is 0.0520. The smallest absolute Gasteiger partial charge is 0.276 e. The van der Waals surface area contributed by atoms with Crippen molar-refractivity contribution in [2.24, 2.45) is 7.05 Å². The maximum absolute atomic E-state index is 12.8. The molecule has 0 amide bonds. The minimum atomic E-state index is -1.13. The van der Waals surface area contributed by atoms with Crippen LogP contribution in [-0.4, -0.2) is 28.8 Å². The van der Waals surface area contributed by atoms with Gasteiger partial charge in [-0.1, -0.05) is 37.8 Å². The first-order valence-corrected chi connectivity index (χ1v) is 13.1. The predicted octanol–water partition coefficient (Wildman–Crippen LogP) is 4.33. The van der Waals surface area contributed by atoms with Gasteiger partial charge < -0.3 is 13.9 Å². The highest BCUT2D eigenvalue weighted by Crippen LogP contribution is 2.27. The predicted molar refractivity (Wildman–Crippen MR) is 114 cm³/mol. The molecule has 2 heterocycles. The third-order valence-corrected chi connectivity index (χ3v) is 6.69. The van der Waals surface area contributed by atoms with E-state index in [2.05, 4.69) is 56.7 Å². The van der Waals surface area contributed by atoms with Crippen LogP contribution in [0.1, 0.15) is 11.1 Å². The summed E-state index contributed by atoms with van der Waals surface area (Å²) in [6.45, 7) is 12.3. The van der Waals surface area contributed by atoms with Crippen molar-refractivity contribution in [3.8, 4) is 11.1 Å². The Morgan fingerprint density at radius 1 is 1.15 bits per heavy atom. The van der Waals surface area contributed by atoms with E-state index < -0.39 is 8.07 Å². The third kappa shape index (κ3) is 4.22. The number of nitrogens with zero attached hydrogens (tertiary/aromatic N) is 3. The molecule has 0 N–H and O–H groups in total. The first-order valence-electron chi connectivity index (χ1n) is 9.37. The van der Waals surface area contributed by atoms with Crippen molar-refractivity contribution < 1.29 is 4.74 Å². The van der Waals surface area contributed by atoms with Gasteiger partial charge in [-0.25, -0.2) is 4.98 Å². The molecule has 2 aromatic heterocycles. The fourth-order valence-electron chi connectivity index (χ4n) is 3.04. The van der Waals surface area contributed by atoms with Crippen molar-refractivity contribution in [2.45, 2.75) is 46.3 Å². The van der Waals surface area contributed by atoms with Gasteiger partial charge in [0.05, 0.1) is 6.33 Å². The second-order valence-corrected chi connectivity index (χ2v) is 14.1. The average molecular weight is 384 g/mol. The molecule has 0 unspecified atom stereocenters. The molecule has 144 valence electrons. The van der Waals surface area contributed by atoms with E-state index in [1.54, 1.807) is 17.9 Å². The van der Waals surface area contributed by atoms with E-state index in [-0.39, 0.29) is 5.56 Å². The molecule has 0 aliphatic carbocycles. The monoisotopic (exact) mass is 383 g/mol. The molecule has 0 bridgehead atoms. The van der Waals surface area contributed by atoms with Crippen molar-refractivity contribution >= 4 is 19.1 Å². The van der Waals surface area contributed by atoms with Gasteiger partial charge in [-0.05, 0) is 36.6 Å². The lowest BCUT2D eigenvalue weighted by Gasteiger charge is -2.15. The Bertz CT molecular complexity index is 1030. The molecule has 0 saturated carbocycles. The number of aryl methyl sites for hydroxylation is 3. The lowest BCUT2D eigenvalue weighted by molar-refractivity contribution is 0.0897. The molecule has 3 aromatic rings.